The molecule has 0 spiro atoms. The minimum absolute atomic E-state index is 0.0620. The second-order valence-electron chi connectivity index (χ2n) is 9.26. The number of nitrogens with one attached hydrogen (secondary N) is 1. The lowest BCUT2D eigenvalue weighted by molar-refractivity contribution is 0.565. The normalized spacial score (nSPS) is 17.5. The Morgan fingerprint density at radius 1 is 0.943 bits per heavy atom. The van der Waals surface area contributed by atoms with Gasteiger partial charge in [-0.1, -0.05) is 12.1 Å². The smallest absolute Gasteiger partial charge is 0.174 e. The molecule has 7 heteroatoms. The number of aryl methyl sites for hydroxylation is 2. The molecule has 5 rings (SSSR count). The molecule has 0 bridgehead atoms. The summed E-state index contributed by atoms with van der Waals surface area (Å²) in [6.07, 6.45) is 3.75. The molecular formula is C28H30N6S. The molecule has 1 aliphatic rings. The molecule has 35 heavy (non-hydrogen) atoms. The molecule has 4 aromatic rings. The van der Waals surface area contributed by atoms with E-state index in [2.05, 4.69) is 94.0 Å². The van der Waals surface area contributed by atoms with E-state index in [-0.39, 0.29) is 12.1 Å². The summed E-state index contributed by atoms with van der Waals surface area (Å²) in [5.41, 5.74) is 7.78. The van der Waals surface area contributed by atoms with Crippen LogP contribution in [0, 0.1) is 20.8 Å². The first-order chi connectivity index (χ1) is 16.8. The van der Waals surface area contributed by atoms with Crippen LogP contribution >= 0.6 is 12.2 Å². The molecular weight excluding hydrogens is 452 g/mol. The van der Waals surface area contributed by atoms with Crippen molar-refractivity contribution in [2.24, 2.45) is 0 Å². The zero-order chi connectivity index (χ0) is 24.7. The van der Waals surface area contributed by atoms with Crippen molar-refractivity contribution < 1.29 is 0 Å². The van der Waals surface area contributed by atoms with Gasteiger partial charge in [0.1, 0.15) is 5.82 Å². The van der Waals surface area contributed by atoms with Gasteiger partial charge in [0.2, 0.25) is 0 Å². The SMILES string of the molecule is Cc1ccc(-n2c(C)cc(C3C(c4ccccn4)NC(=S)N3c3ccc(N(C)C)cc3)c2C)nc1. The first kappa shape index (κ1) is 23.1. The first-order valence-electron chi connectivity index (χ1n) is 11.7. The number of aromatic nitrogens is 3. The van der Waals surface area contributed by atoms with Gasteiger partial charge in [0.05, 0.1) is 17.8 Å². The summed E-state index contributed by atoms with van der Waals surface area (Å²) >= 11 is 5.91. The zero-order valence-corrected chi connectivity index (χ0v) is 21.5. The average Bonchev–Trinajstić information content (AvgIpc) is 3.35. The maximum absolute atomic E-state index is 5.91. The number of rotatable bonds is 5. The summed E-state index contributed by atoms with van der Waals surface area (Å²) in [7, 11) is 4.09. The Kier molecular flexibility index (Phi) is 6.03. The fourth-order valence-electron chi connectivity index (χ4n) is 4.89. The first-order valence-corrected chi connectivity index (χ1v) is 12.2. The van der Waals surface area contributed by atoms with Crippen molar-refractivity contribution in [2.45, 2.75) is 32.9 Å². The van der Waals surface area contributed by atoms with Gasteiger partial charge >= 0.3 is 0 Å². The lowest BCUT2D eigenvalue weighted by Crippen LogP contribution is -2.29. The molecule has 0 aliphatic carbocycles. The third-order valence-electron chi connectivity index (χ3n) is 6.66. The summed E-state index contributed by atoms with van der Waals surface area (Å²) < 4.78 is 2.22. The molecule has 0 radical (unpaired) electrons. The number of hydrogen-bond acceptors (Lipinski definition) is 4. The summed E-state index contributed by atoms with van der Waals surface area (Å²) in [6.45, 7) is 6.35. The van der Waals surface area contributed by atoms with E-state index in [4.69, 9.17) is 17.2 Å². The van der Waals surface area contributed by atoms with Crippen LogP contribution < -0.4 is 15.1 Å². The standard InChI is InChI=1S/C28H30N6S/c1-18-9-14-25(30-17-18)33-19(2)16-23(20(33)3)27-26(24-8-6-7-15-29-24)31-28(35)34(27)22-12-10-21(11-13-22)32(4)5/h6-17,26-27H,1-5H3,(H,31,35). The Morgan fingerprint density at radius 2 is 1.71 bits per heavy atom. The van der Waals surface area contributed by atoms with Gasteiger partial charge in [-0.25, -0.2) is 4.98 Å². The van der Waals surface area contributed by atoms with E-state index < -0.39 is 0 Å². The van der Waals surface area contributed by atoms with Crippen LogP contribution in [0.1, 0.15) is 40.3 Å². The zero-order valence-electron chi connectivity index (χ0n) is 20.7. The minimum atomic E-state index is -0.0860. The van der Waals surface area contributed by atoms with Gasteiger partial charge in [0.15, 0.2) is 5.11 Å². The lowest BCUT2D eigenvalue weighted by atomic mass is 9.96. The molecule has 0 amide bonds. The van der Waals surface area contributed by atoms with Crippen molar-refractivity contribution in [1.82, 2.24) is 19.9 Å². The van der Waals surface area contributed by atoms with Crippen molar-refractivity contribution in [3.63, 3.8) is 0 Å². The molecule has 1 N–H and O–H groups in total. The molecule has 2 atom stereocenters. The minimum Gasteiger partial charge on any atom is -0.378 e. The summed E-state index contributed by atoms with van der Waals surface area (Å²) in [4.78, 5) is 13.7. The number of thiocarbonyl (C=S) groups is 1. The molecule has 3 aromatic heterocycles. The number of hydrogen-bond donors (Lipinski definition) is 1. The van der Waals surface area contributed by atoms with Gasteiger partial charge in [-0.3, -0.25) is 4.98 Å². The van der Waals surface area contributed by atoms with Crippen LogP contribution in [0.4, 0.5) is 11.4 Å². The molecule has 1 aliphatic heterocycles. The molecule has 1 fully saturated rings. The highest BCUT2D eigenvalue weighted by Crippen LogP contribution is 2.43. The number of nitrogens with zero attached hydrogens (tertiary/aromatic N) is 5. The van der Waals surface area contributed by atoms with Crippen molar-refractivity contribution >= 4 is 28.7 Å². The Morgan fingerprint density at radius 3 is 2.34 bits per heavy atom. The van der Waals surface area contributed by atoms with Gasteiger partial charge in [0.25, 0.3) is 0 Å². The number of pyridine rings is 2. The maximum atomic E-state index is 5.91. The van der Waals surface area contributed by atoms with E-state index in [0.717, 1.165) is 39.8 Å². The third kappa shape index (κ3) is 4.17. The highest BCUT2D eigenvalue weighted by atomic mass is 32.1. The second kappa shape index (κ2) is 9.15. The largest absolute Gasteiger partial charge is 0.378 e. The van der Waals surface area contributed by atoms with Crippen molar-refractivity contribution in [2.75, 3.05) is 23.9 Å². The quantitative estimate of drug-likeness (QED) is 0.383. The van der Waals surface area contributed by atoms with Crippen LogP contribution in [0.2, 0.25) is 0 Å². The molecule has 2 unspecified atom stereocenters. The van der Waals surface area contributed by atoms with Crippen LogP contribution in [-0.4, -0.2) is 33.7 Å². The van der Waals surface area contributed by atoms with Crippen molar-refractivity contribution in [3.05, 3.63) is 101 Å². The maximum Gasteiger partial charge on any atom is 0.174 e. The Bertz CT molecular complexity index is 1340. The third-order valence-corrected chi connectivity index (χ3v) is 6.97. The van der Waals surface area contributed by atoms with Crippen molar-refractivity contribution in [1.29, 1.82) is 0 Å². The summed E-state index contributed by atoms with van der Waals surface area (Å²) in [5.74, 6) is 0.918. The highest BCUT2D eigenvalue weighted by Gasteiger charge is 2.42. The van der Waals surface area contributed by atoms with Crippen LogP contribution in [-0.2, 0) is 0 Å². The van der Waals surface area contributed by atoms with Crippen LogP contribution in [0.5, 0.6) is 0 Å². The molecule has 1 aromatic carbocycles. The van der Waals surface area contributed by atoms with E-state index in [1.807, 2.05) is 38.6 Å². The number of benzene rings is 1. The summed E-state index contributed by atoms with van der Waals surface area (Å²) in [5, 5.41) is 4.26. The average molecular weight is 483 g/mol. The van der Waals surface area contributed by atoms with Gasteiger partial charge in [0, 0.05) is 49.3 Å². The lowest BCUT2D eigenvalue weighted by Gasteiger charge is -2.28. The van der Waals surface area contributed by atoms with Crippen LogP contribution in [0.25, 0.3) is 5.82 Å². The summed E-state index contributed by atoms with van der Waals surface area (Å²) in [6, 6.07) is 20.8. The van der Waals surface area contributed by atoms with Gasteiger partial charge < -0.3 is 19.7 Å². The number of anilines is 2. The fraction of sp³-hybridized carbons (Fsp3) is 0.250. The van der Waals surface area contributed by atoms with E-state index in [0.29, 0.717) is 5.11 Å². The predicted molar refractivity (Wildman–Crippen MR) is 146 cm³/mol. The fourth-order valence-corrected chi connectivity index (χ4v) is 5.24. The van der Waals surface area contributed by atoms with Gasteiger partial charge in [-0.15, -0.1) is 0 Å². The van der Waals surface area contributed by atoms with E-state index in [1.165, 1.54) is 5.56 Å². The second-order valence-corrected chi connectivity index (χ2v) is 9.65. The Balaban J connectivity index is 1.65. The molecule has 1 saturated heterocycles. The predicted octanol–water partition coefficient (Wildman–Crippen LogP) is 5.44. The van der Waals surface area contributed by atoms with Gasteiger partial charge in [-0.2, -0.15) is 0 Å². The van der Waals surface area contributed by atoms with E-state index in [9.17, 15) is 0 Å². The highest BCUT2D eigenvalue weighted by molar-refractivity contribution is 7.80. The van der Waals surface area contributed by atoms with E-state index >= 15 is 0 Å². The Hall–Kier alpha value is -3.71. The molecule has 0 saturated carbocycles. The van der Waals surface area contributed by atoms with E-state index in [1.54, 1.807) is 0 Å². The molecule has 178 valence electrons. The van der Waals surface area contributed by atoms with Gasteiger partial charge in [-0.05, 0) is 92.6 Å². The molecule has 4 heterocycles. The van der Waals surface area contributed by atoms with Crippen LogP contribution in [0.3, 0.4) is 0 Å². The topological polar surface area (TPSA) is 49.2 Å². The van der Waals surface area contributed by atoms with Crippen molar-refractivity contribution in [3.8, 4) is 5.82 Å². The van der Waals surface area contributed by atoms with Crippen LogP contribution in [0.15, 0.2) is 73.1 Å². The molecule has 6 nitrogen and oxygen atoms in total. The Labute approximate surface area is 212 Å². The monoisotopic (exact) mass is 482 g/mol.